The molecule has 3 nitrogen and oxygen atoms in total. The number of aldehydes is 1. The average Bonchev–Trinajstić information content (AvgIpc) is 2.75. The summed E-state index contributed by atoms with van der Waals surface area (Å²) in [5, 5.41) is 0.693. The minimum Gasteiger partial charge on any atom is -0.485 e. The van der Waals surface area contributed by atoms with E-state index >= 15 is 0 Å². The summed E-state index contributed by atoms with van der Waals surface area (Å²) in [5.74, 6) is 1.72. The number of halogens is 1. The molecule has 0 aliphatic heterocycles. The van der Waals surface area contributed by atoms with Crippen molar-refractivity contribution in [3.63, 3.8) is 0 Å². The highest BCUT2D eigenvalue weighted by Crippen LogP contribution is 2.27. The Morgan fingerprint density at radius 3 is 2.50 bits per heavy atom. The lowest BCUT2D eigenvalue weighted by atomic mass is 10.1. The maximum absolute atomic E-state index is 10.5. The summed E-state index contributed by atoms with van der Waals surface area (Å²) in [6, 6.07) is 7.04. The number of ether oxygens (including phenoxy) is 1. The molecule has 0 spiro atoms. The standard InChI is InChI=1S/C14H13ClO3/c1-9-5-11(15)6-10(2)14(9)17-8-13-4-3-12(7-16)18-13/h3-7H,8H2,1-2H3. The van der Waals surface area contributed by atoms with Crippen molar-refractivity contribution in [2.45, 2.75) is 20.5 Å². The van der Waals surface area contributed by atoms with Crippen molar-refractivity contribution in [3.05, 3.63) is 51.9 Å². The number of furan rings is 1. The predicted octanol–water partition coefficient (Wildman–Crippen LogP) is 3.94. The number of hydrogen-bond acceptors (Lipinski definition) is 3. The van der Waals surface area contributed by atoms with Crippen molar-refractivity contribution in [3.8, 4) is 5.75 Å². The Kier molecular flexibility index (Phi) is 3.72. The van der Waals surface area contributed by atoms with E-state index in [0.717, 1.165) is 16.9 Å². The molecule has 0 saturated carbocycles. The van der Waals surface area contributed by atoms with Gasteiger partial charge in [0, 0.05) is 5.02 Å². The van der Waals surface area contributed by atoms with Crippen molar-refractivity contribution < 1.29 is 13.9 Å². The summed E-state index contributed by atoms with van der Waals surface area (Å²) in [6.07, 6.45) is 0.669. The number of carbonyl (C=O) groups is 1. The molecule has 18 heavy (non-hydrogen) atoms. The van der Waals surface area contributed by atoms with E-state index in [1.54, 1.807) is 12.1 Å². The Labute approximate surface area is 110 Å². The van der Waals surface area contributed by atoms with Gasteiger partial charge in [0.25, 0.3) is 0 Å². The zero-order valence-corrected chi connectivity index (χ0v) is 11.0. The van der Waals surface area contributed by atoms with Gasteiger partial charge in [-0.1, -0.05) is 11.6 Å². The summed E-state index contributed by atoms with van der Waals surface area (Å²) in [5.41, 5.74) is 1.95. The summed E-state index contributed by atoms with van der Waals surface area (Å²) >= 11 is 5.95. The van der Waals surface area contributed by atoms with Crippen LogP contribution in [-0.2, 0) is 6.61 Å². The summed E-state index contributed by atoms with van der Waals surface area (Å²) in [7, 11) is 0. The van der Waals surface area contributed by atoms with Gasteiger partial charge in [-0.3, -0.25) is 4.79 Å². The third-order valence-electron chi connectivity index (χ3n) is 2.58. The average molecular weight is 265 g/mol. The largest absolute Gasteiger partial charge is 0.485 e. The normalized spacial score (nSPS) is 10.4. The van der Waals surface area contributed by atoms with Crippen LogP contribution in [0.5, 0.6) is 5.75 Å². The van der Waals surface area contributed by atoms with Gasteiger partial charge in [0.05, 0.1) is 0 Å². The molecule has 94 valence electrons. The minimum atomic E-state index is 0.289. The Balaban J connectivity index is 2.12. The first-order valence-electron chi connectivity index (χ1n) is 5.53. The molecule has 1 heterocycles. The number of hydrogen-bond donors (Lipinski definition) is 0. The first-order valence-corrected chi connectivity index (χ1v) is 5.91. The first-order chi connectivity index (χ1) is 8.60. The Morgan fingerprint density at radius 1 is 1.28 bits per heavy atom. The fraction of sp³-hybridized carbons (Fsp3) is 0.214. The van der Waals surface area contributed by atoms with Gasteiger partial charge in [-0.05, 0) is 49.2 Å². The molecule has 0 saturated heterocycles. The van der Waals surface area contributed by atoms with E-state index in [1.807, 2.05) is 26.0 Å². The molecular weight excluding hydrogens is 252 g/mol. The van der Waals surface area contributed by atoms with Crippen molar-refractivity contribution in [2.24, 2.45) is 0 Å². The smallest absolute Gasteiger partial charge is 0.185 e. The van der Waals surface area contributed by atoms with Crippen molar-refractivity contribution in [1.29, 1.82) is 0 Å². The molecule has 0 fully saturated rings. The highest BCUT2D eigenvalue weighted by molar-refractivity contribution is 6.30. The summed E-state index contributed by atoms with van der Waals surface area (Å²) in [4.78, 5) is 10.5. The van der Waals surface area contributed by atoms with E-state index in [0.29, 0.717) is 22.8 Å². The van der Waals surface area contributed by atoms with Crippen LogP contribution in [0.2, 0.25) is 5.02 Å². The first kappa shape index (κ1) is 12.7. The van der Waals surface area contributed by atoms with Gasteiger partial charge in [0.1, 0.15) is 18.1 Å². The van der Waals surface area contributed by atoms with Crippen LogP contribution >= 0.6 is 11.6 Å². The summed E-state index contributed by atoms with van der Waals surface area (Å²) < 4.78 is 10.9. The van der Waals surface area contributed by atoms with Crippen LogP contribution in [0.25, 0.3) is 0 Å². The second-order valence-electron chi connectivity index (χ2n) is 4.08. The topological polar surface area (TPSA) is 39.4 Å². The predicted molar refractivity (Wildman–Crippen MR) is 69.4 cm³/mol. The highest BCUT2D eigenvalue weighted by atomic mass is 35.5. The fourth-order valence-corrected chi connectivity index (χ4v) is 2.13. The third-order valence-corrected chi connectivity index (χ3v) is 2.80. The molecule has 0 atom stereocenters. The number of benzene rings is 1. The van der Waals surface area contributed by atoms with E-state index < -0.39 is 0 Å². The van der Waals surface area contributed by atoms with Gasteiger partial charge in [-0.25, -0.2) is 0 Å². The van der Waals surface area contributed by atoms with Crippen LogP contribution in [0.4, 0.5) is 0 Å². The zero-order chi connectivity index (χ0) is 13.1. The summed E-state index contributed by atoms with van der Waals surface area (Å²) in [6.45, 7) is 4.16. The molecule has 0 aliphatic rings. The van der Waals surface area contributed by atoms with Crippen LogP contribution in [0.15, 0.2) is 28.7 Å². The van der Waals surface area contributed by atoms with E-state index in [1.165, 1.54) is 0 Å². The minimum absolute atomic E-state index is 0.289. The highest BCUT2D eigenvalue weighted by Gasteiger charge is 2.08. The van der Waals surface area contributed by atoms with Gasteiger partial charge >= 0.3 is 0 Å². The number of rotatable bonds is 4. The molecule has 2 rings (SSSR count). The van der Waals surface area contributed by atoms with Gasteiger partial charge in [0.15, 0.2) is 12.0 Å². The number of carbonyl (C=O) groups excluding carboxylic acids is 1. The lowest BCUT2D eigenvalue weighted by Gasteiger charge is -2.11. The van der Waals surface area contributed by atoms with Crippen LogP contribution in [0, 0.1) is 13.8 Å². The monoisotopic (exact) mass is 264 g/mol. The molecule has 1 aromatic heterocycles. The molecule has 0 amide bonds. The lowest BCUT2D eigenvalue weighted by molar-refractivity contribution is 0.109. The van der Waals surface area contributed by atoms with Crippen LogP contribution in [-0.4, -0.2) is 6.29 Å². The molecule has 1 aromatic carbocycles. The lowest BCUT2D eigenvalue weighted by Crippen LogP contribution is -1.98. The van der Waals surface area contributed by atoms with E-state index in [-0.39, 0.29) is 6.61 Å². The SMILES string of the molecule is Cc1cc(Cl)cc(C)c1OCc1ccc(C=O)o1. The third kappa shape index (κ3) is 2.74. The van der Waals surface area contributed by atoms with Gasteiger partial charge in [-0.2, -0.15) is 0 Å². The van der Waals surface area contributed by atoms with Crippen molar-refractivity contribution in [2.75, 3.05) is 0 Å². The Bertz CT molecular complexity index is 549. The maximum Gasteiger partial charge on any atom is 0.185 e. The zero-order valence-electron chi connectivity index (χ0n) is 10.2. The molecule has 2 aromatic rings. The number of aryl methyl sites for hydroxylation is 2. The molecule has 0 bridgehead atoms. The Morgan fingerprint density at radius 2 is 1.94 bits per heavy atom. The van der Waals surface area contributed by atoms with E-state index in [2.05, 4.69) is 0 Å². The van der Waals surface area contributed by atoms with E-state index in [9.17, 15) is 4.79 Å². The van der Waals surface area contributed by atoms with Crippen molar-refractivity contribution in [1.82, 2.24) is 0 Å². The molecule has 0 radical (unpaired) electrons. The Hall–Kier alpha value is -1.74. The molecule has 0 N–H and O–H groups in total. The van der Waals surface area contributed by atoms with Gasteiger partial charge in [0.2, 0.25) is 0 Å². The van der Waals surface area contributed by atoms with E-state index in [4.69, 9.17) is 20.8 Å². The maximum atomic E-state index is 10.5. The quantitative estimate of drug-likeness (QED) is 0.785. The second kappa shape index (κ2) is 5.27. The fourth-order valence-electron chi connectivity index (χ4n) is 1.80. The van der Waals surface area contributed by atoms with Gasteiger partial charge in [-0.15, -0.1) is 0 Å². The molecular formula is C14H13ClO3. The van der Waals surface area contributed by atoms with Crippen molar-refractivity contribution >= 4 is 17.9 Å². The van der Waals surface area contributed by atoms with Gasteiger partial charge < -0.3 is 9.15 Å². The molecule has 4 heteroatoms. The second-order valence-corrected chi connectivity index (χ2v) is 4.52. The van der Waals surface area contributed by atoms with Crippen LogP contribution in [0.1, 0.15) is 27.4 Å². The van der Waals surface area contributed by atoms with Crippen LogP contribution < -0.4 is 4.74 Å². The molecule has 0 unspecified atom stereocenters. The molecule has 0 aliphatic carbocycles. The van der Waals surface area contributed by atoms with Crippen LogP contribution in [0.3, 0.4) is 0 Å².